The summed E-state index contributed by atoms with van der Waals surface area (Å²) >= 11 is 0. The van der Waals surface area contributed by atoms with Crippen molar-refractivity contribution in [3.63, 3.8) is 0 Å². The molecule has 0 aromatic carbocycles. The first-order valence-electron chi connectivity index (χ1n) is 4.37. The molecule has 6 N–H and O–H groups in total. The van der Waals surface area contributed by atoms with Crippen LogP contribution in [-0.4, -0.2) is 47.3 Å². The second-order valence-electron chi connectivity index (χ2n) is 3.78. The van der Waals surface area contributed by atoms with Gasteiger partial charge in [-0.1, -0.05) is 6.92 Å². The molecular formula is C5H15O9P3. The van der Waals surface area contributed by atoms with Gasteiger partial charge < -0.3 is 29.4 Å². The highest BCUT2D eigenvalue weighted by Crippen LogP contribution is 2.52. The van der Waals surface area contributed by atoms with Crippen molar-refractivity contribution in [2.24, 2.45) is 5.92 Å². The van der Waals surface area contributed by atoms with Gasteiger partial charge in [0.2, 0.25) is 0 Å². The fourth-order valence-electron chi connectivity index (χ4n) is 1.25. The van der Waals surface area contributed by atoms with Crippen LogP contribution in [0, 0.1) is 5.92 Å². The van der Waals surface area contributed by atoms with Gasteiger partial charge in [0.25, 0.3) is 0 Å². The van der Waals surface area contributed by atoms with Gasteiger partial charge in [-0.15, -0.1) is 0 Å². The van der Waals surface area contributed by atoms with Crippen molar-refractivity contribution in [2.45, 2.75) is 12.6 Å². The Hall–Kier alpha value is 0.450. The predicted octanol–water partition coefficient (Wildman–Crippen LogP) is -0.476. The summed E-state index contributed by atoms with van der Waals surface area (Å²) in [6.07, 6.45) is -1.96. The van der Waals surface area contributed by atoms with Crippen molar-refractivity contribution in [1.82, 2.24) is 0 Å². The molecular weight excluding hydrogens is 297 g/mol. The van der Waals surface area contributed by atoms with Crippen molar-refractivity contribution in [2.75, 3.05) is 12.3 Å². The van der Waals surface area contributed by atoms with E-state index in [2.05, 4.69) is 0 Å². The summed E-state index contributed by atoms with van der Waals surface area (Å²) in [4.78, 5) is 52.5. The molecule has 0 radical (unpaired) electrons. The Morgan fingerprint density at radius 2 is 1.12 bits per heavy atom. The van der Waals surface area contributed by atoms with E-state index in [9.17, 15) is 13.7 Å². The Kier molecular flexibility index (Phi) is 5.76. The van der Waals surface area contributed by atoms with Crippen LogP contribution in [-0.2, 0) is 13.7 Å². The van der Waals surface area contributed by atoms with Crippen molar-refractivity contribution < 1.29 is 43.1 Å². The normalized spacial score (nSPS) is 16.2. The summed E-state index contributed by atoms with van der Waals surface area (Å²) < 4.78 is 32.4. The number of hydrogen-bond acceptors (Lipinski definition) is 3. The van der Waals surface area contributed by atoms with Crippen LogP contribution in [0.4, 0.5) is 0 Å². The highest BCUT2D eigenvalue weighted by atomic mass is 31.2. The minimum absolute atomic E-state index is 0.982. The molecule has 0 fully saturated rings. The summed E-state index contributed by atoms with van der Waals surface area (Å²) in [5.41, 5.74) is -1.54. The van der Waals surface area contributed by atoms with E-state index in [4.69, 9.17) is 29.4 Å². The van der Waals surface area contributed by atoms with E-state index in [-0.39, 0.29) is 0 Å². The molecule has 0 bridgehead atoms. The van der Waals surface area contributed by atoms with Gasteiger partial charge in [0.15, 0.2) is 0 Å². The molecule has 0 aliphatic heterocycles. The topological polar surface area (TPSA) is 173 Å². The molecule has 0 heterocycles. The molecule has 0 aromatic heterocycles. The zero-order valence-corrected chi connectivity index (χ0v) is 11.5. The summed E-state index contributed by atoms with van der Waals surface area (Å²) in [5, 5.41) is 0. The van der Waals surface area contributed by atoms with E-state index in [0.29, 0.717) is 0 Å². The Bertz CT molecular complexity index is 363. The second-order valence-corrected chi connectivity index (χ2v) is 9.17. The molecule has 0 rings (SSSR count). The van der Waals surface area contributed by atoms with Crippen LogP contribution in [0.3, 0.4) is 0 Å². The van der Waals surface area contributed by atoms with Gasteiger partial charge in [-0.05, 0) is 5.92 Å². The van der Waals surface area contributed by atoms with Gasteiger partial charge >= 0.3 is 22.8 Å². The van der Waals surface area contributed by atoms with Gasteiger partial charge in [-0.2, -0.15) is 0 Å². The van der Waals surface area contributed by atoms with Gasteiger partial charge in [0.1, 0.15) is 0 Å². The predicted molar refractivity (Wildman–Crippen MR) is 58.8 cm³/mol. The average Bonchev–Trinajstić information content (AvgIpc) is 1.94. The van der Waals surface area contributed by atoms with Crippen molar-refractivity contribution in [1.29, 1.82) is 0 Å². The largest absolute Gasteiger partial charge is 0.328 e. The lowest BCUT2D eigenvalue weighted by atomic mass is 10.1. The van der Waals surface area contributed by atoms with Crippen molar-refractivity contribution in [3.05, 3.63) is 0 Å². The summed E-state index contributed by atoms with van der Waals surface area (Å²) in [6, 6.07) is 0. The average molecular weight is 312 g/mol. The standard InChI is InChI=1S/C5H15O9P3/c1-4(17(12,13)14)5(2-15(6,7)8)3-16(9,10)11/h4-5H,2-3H2,1H3,(H2,6,7,8)(H2,9,10,11)(H2,12,13,14). The van der Waals surface area contributed by atoms with Crippen LogP contribution < -0.4 is 0 Å². The van der Waals surface area contributed by atoms with Crippen LogP contribution in [0.1, 0.15) is 6.92 Å². The second kappa shape index (κ2) is 5.61. The molecule has 104 valence electrons. The molecule has 1 unspecified atom stereocenters. The van der Waals surface area contributed by atoms with Crippen LogP contribution in [0.15, 0.2) is 0 Å². The molecule has 0 spiro atoms. The summed E-state index contributed by atoms with van der Waals surface area (Å²) in [7, 11) is -13.9. The third-order valence-electron chi connectivity index (χ3n) is 2.16. The molecule has 1 atom stereocenters. The third kappa shape index (κ3) is 8.21. The van der Waals surface area contributed by atoms with Crippen LogP contribution >= 0.6 is 22.8 Å². The van der Waals surface area contributed by atoms with Crippen molar-refractivity contribution >= 4 is 22.8 Å². The monoisotopic (exact) mass is 312 g/mol. The first kappa shape index (κ1) is 17.4. The quantitative estimate of drug-likeness (QED) is 0.354. The molecule has 9 nitrogen and oxygen atoms in total. The molecule has 12 heteroatoms. The maximum Gasteiger partial charge on any atom is 0.328 e. The molecule has 0 aliphatic rings. The third-order valence-corrected chi connectivity index (χ3v) is 5.53. The smallest absolute Gasteiger partial charge is 0.324 e. The van der Waals surface area contributed by atoms with Gasteiger partial charge in [0, 0.05) is 0 Å². The zero-order valence-electron chi connectivity index (χ0n) is 8.82. The Morgan fingerprint density at radius 1 is 0.824 bits per heavy atom. The van der Waals surface area contributed by atoms with Gasteiger partial charge in [-0.3, -0.25) is 13.7 Å². The molecule has 0 aliphatic carbocycles. The van der Waals surface area contributed by atoms with Crippen molar-refractivity contribution in [3.8, 4) is 0 Å². The van der Waals surface area contributed by atoms with E-state index >= 15 is 0 Å². The van der Waals surface area contributed by atoms with E-state index in [1.54, 1.807) is 0 Å². The molecule has 0 amide bonds. The minimum Gasteiger partial charge on any atom is -0.324 e. The lowest BCUT2D eigenvalue weighted by Crippen LogP contribution is -2.25. The summed E-state index contributed by atoms with van der Waals surface area (Å²) in [6.45, 7) is 0.997. The fourth-order valence-corrected chi connectivity index (χ4v) is 4.66. The fraction of sp³-hybridized carbons (Fsp3) is 1.00. The molecule has 0 aromatic rings. The summed E-state index contributed by atoms with van der Waals surface area (Å²) in [5.74, 6) is -1.46. The molecule has 17 heavy (non-hydrogen) atoms. The van der Waals surface area contributed by atoms with Crippen LogP contribution in [0.2, 0.25) is 0 Å². The highest BCUT2D eigenvalue weighted by molar-refractivity contribution is 7.54. The van der Waals surface area contributed by atoms with E-state index in [0.717, 1.165) is 6.92 Å². The highest BCUT2D eigenvalue weighted by Gasteiger charge is 2.39. The first-order chi connectivity index (χ1) is 7.22. The Morgan fingerprint density at radius 3 is 1.29 bits per heavy atom. The Labute approximate surface area is 97.4 Å². The minimum atomic E-state index is -4.67. The van der Waals surface area contributed by atoms with E-state index in [1.165, 1.54) is 0 Å². The molecule has 0 saturated heterocycles. The van der Waals surface area contributed by atoms with E-state index < -0.39 is 46.7 Å². The Balaban J connectivity index is 5.06. The molecule has 0 saturated carbocycles. The number of rotatable bonds is 6. The van der Waals surface area contributed by atoms with Crippen LogP contribution in [0.5, 0.6) is 0 Å². The van der Waals surface area contributed by atoms with Crippen LogP contribution in [0.25, 0.3) is 0 Å². The first-order valence-corrected chi connectivity index (χ1v) is 9.64. The van der Waals surface area contributed by atoms with E-state index in [1.807, 2.05) is 0 Å². The maximum absolute atomic E-state index is 10.9. The van der Waals surface area contributed by atoms with Gasteiger partial charge in [0.05, 0.1) is 18.0 Å². The lowest BCUT2D eigenvalue weighted by molar-refractivity contribution is 0.328. The maximum atomic E-state index is 10.9. The lowest BCUT2D eigenvalue weighted by Gasteiger charge is -2.25. The zero-order chi connectivity index (χ0) is 14.1. The number of hydrogen-bond donors (Lipinski definition) is 6. The van der Waals surface area contributed by atoms with Gasteiger partial charge in [-0.25, -0.2) is 0 Å². The SMILES string of the molecule is CC(C(CP(=O)(O)O)CP(=O)(O)O)P(=O)(O)O.